The van der Waals surface area contributed by atoms with Crippen LogP contribution in [0.5, 0.6) is 0 Å². The van der Waals surface area contributed by atoms with Crippen molar-refractivity contribution >= 4 is 22.8 Å². The Balaban J connectivity index is 1.29. The average Bonchev–Trinajstić information content (AvgIpc) is 3.30. The maximum absolute atomic E-state index is 13.4. The van der Waals surface area contributed by atoms with Crippen molar-refractivity contribution in [3.63, 3.8) is 0 Å². The highest BCUT2D eigenvalue weighted by Crippen LogP contribution is 2.37. The molecule has 0 bridgehead atoms. The molecule has 3 aliphatic heterocycles. The van der Waals surface area contributed by atoms with Gasteiger partial charge in [-0.05, 0) is 67.6 Å². The fraction of sp³-hybridized carbons (Fsp3) is 0.407. The van der Waals surface area contributed by atoms with Crippen molar-refractivity contribution < 1.29 is 14.0 Å². The van der Waals surface area contributed by atoms with Crippen molar-refractivity contribution in [2.75, 3.05) is 19.6 Å². The second kappa shape index (κ2) is 8.55. The van der Waals surface area contributed by atoms with Crippen molar-refractivity contribution in [3.05, 3.63) is 71.2 Å². The molecular weight excluding hydrogens is 431 g/mol. The molecule has 6 rings (SSSR count). The van der Waals surface area contributed by atoms with Crippen LogP contribution in [-0.2, 0) is 24.3 Å². The fourth-order valence-electron chi connectivity index (χ4n) is 5.90. The normalized spacial score (nSPS) is 20.8. The first-order valence-electron chi connectivity index (χ1n) is 12.3. The molecule has 2 fully saturated rings. The van der Waals surface area contributed by atoms with Gasteiger partial charge in [-0.3, -0.25) is 9.69 Å². The van der Waals surface area contributed by atoms with Crippen LogP contribution in [0.25, 0.3) is 10.9 Å². The molecule has 34 heavy (non-hydrogen) atoms. The molecule has 0 spiro atoms. The van der Waals surface area contributed by atoms with E-state index in [0.717, 1.165) is 60.1 Å². The van der Waals surface area contributed by atoms with Crippen molar-refractivity contribution in [2.24, 2.45) is 5.92 Å². The number of para-hydroxylation sites is 1. The zero-order chi connectivity index (χ0) is 23.2. The van der Waals surface area contributed by atoms with E-state index in [1.54, 1.807) is 17.0 Å². The molecule has 6 nitrogen and oxygen atoms in total. The largest absolute Gasteiger partial charge is 0.338 e. The number of hydrogen-bond acceptors (Lipinski definition) is 3. The molecular formula is C27H29FN4O2. The summed E-state index contributed by atoms with van der Waals surface area (Å²) in [5, 5.41) is 4.50. The van der Waals surface area contributed by atoms with Crippen LogP contribution in [0.3, 0.4) is 0 Å². The molecule has 3 aromatic rings. The second-order valence-electron chi connectivity index (χ2n) is 9.76. The molecule has 1 aromatic heterocycles. The van der Waals surface area contributed by atoms with E-state index in [9.17, 15) is 14.0 Å². The summed E-state index contributed by atoms with van der Waals surface area (Å²) in [5.74, 6) is 0.261. The fourth-order valence-corrected chi connectivity index (χ4v) is 5.90. The quantitative estimate of drug-likeness (QED) is 0.588. The smallest absolute Gasteiger partial charge is 0.327 e. The minimum absolute atomic E-state index is 0.0556. The van der Waals surface area contributed by atoms with E-state index >= 15 is 0 Å². The lowest BCUT2D eigenvalue weighted by Gasteiger charge is -2.28. The molecule has 1 N–H and O–H groups in total. The number of imide groups is 1. The van der Waals surface area contributed by atoms with E-state index in [2.05, 4.69) is 22.0 Å². The summed E-state index contributed by atoms with van der Waals surface area (Å²) >= 11 is 0. The van der Waals surface area contributed by atoms with Crippen LogP contribution in [-0.4, -0.2) is 52.0 Å². The van der Waals surface area contributed by atoms with Gasteiger partial charge in [0.1, 0.15) is 11.9 Å². The molecule has 3 aliphatic rings. The first-order chi connectivity index (χ1) is 16.6. The van der Waals surface area contributed by atoms with Crippen LogP contribution in [0.4, 0.5) is 9.18 Å². The van der Waals surface area contributed by atoms with Crippen molar-refractivity contribution in [2.45, 2.75) is 44.8 Å². The number of aromatic nitrogens is 1. The number of halogens is 1. The van der Waals surface area contributed by atoms with Crippen molar-refractivity contribution in [3.8, 4) is 0 Å². The lowest BCUT2D eigenvalue weighted by molar-refractivity contribution is -0.128. The standard InChI is InChI=1S/C27H29FN4O2/c28-20-7-5-19(6-8-20)16-31-23-4-2-1-3-21(23)22-15-24-26(33)30(27(34)32(24)17-25(22)31)14-11-18-9-12-29-13-10-18/h1-8,18,24,29H,9-17H2. The summed E-state index contributed by atoms with van der Waals surface area (Å²) in [6.45, 7) is 3.55. The first-order valence-corrected chi connectivity index (χ1v) is 12.3. The number of amides is 3. The van der Waals surface area contributed by atoms with E-state index in [1.165, 1.54) is 17.0 Å². The Morgan fingerprint density at radius 3 is 2.56 bits per heavy atom. The molecule has 2 aromatic carbocycles. The summed E-state index contributed by atoms with van der Waals surface area (Å²) in [6, 6.07) is 14.2. The number of carbonyl (C=O) groups excluding carboxylic acids is 2. The Labute approximate surface area is 198 Å². The minimum Gasteiger partial charge on any atom is -0.338 e. The minimum atomic E-state index is -0.418. The predicted octanol–water partition coefficient (Wildman–Crippen LogP) is 3.91. The predicted molar refractivity (Wildman–Crippen MR) is 128 cm³/mol. The number of nitrogens with one attached hydrogen (secondary N) is 1. The Hall–Kier alpha value is -3.19. The molecule has 176 valence electrons. The van der Waals surface area contributed by atoms with E-state index in [4.69, 9.17) is 0 Å². The van der Waals surface area contributed by atoms with Gasteiger partial charge in [0.25, 0.3) is 5.91 Å². The zero-order valence-corrected chi connectivity index (χ0v) is 19.2. The third kappa shape index (κ3) is 3.59. The highest BCUT2D eigenvalue weighted by Gasteiger charge is 2.48. The van der Waals surface area contributed by atoms with Crippen molar-refractivity contribution in [1.29, 1.82) is 0 Å². The van der Waals surface area contributed by atoms with E-state index in [-0.39, 0.29) is 17.8 Å². The van der Waals surface area contributed by atoms with Gasteiger partial charge in [-0.15, -0.1) is 0 Å². The van der Waals surface area contributed by atoms with Gasteiger partial charge in [-0.25, -0.2) is 9.18 Å². The lowest BCUT2D eigenvalue weighted by Crippen LogP contribution is -2.40. The SMILES string of the molecule is O=C1C2Cc3c(n(Cc4ccc(F)cc4)c4ccccc34)CN2C(=O)N1CCC1CCNCC1. The summed E-state index contributed by atoms with van der Waals surface area (Å²) in [4.78, 5) is 29.9. The summed E-state index contributed by atoms with van der Waals surface area (Å²) in [7, 11) is 0. The van der Waals surface area contributed by atoms with Crippen LogP contribution in [0.15, 0.2) is 48.5 Å². The van der Waals surface area contributed by atoms with E-state index in [0.29, 0.717) is 32.0 Å². The Bertz CT molecular complexity index is 1250. The molecule has 1 atom stereocenters. The van der Waals surface area contributed by atoms with Crippen LogP contribution in [0.2, 0.25) is 0 Å². The number of urea groups is 1. The number of piperidine rings is 1. The third-order valence-corrected chi connectivity index (χ3v) is 7.79. The number of benzene rings is 2. The van der Waals surface area contributed by atoms with E-state index in [1.807, 2.05) is 12.1 Å². The molecule has 0 saturated carbocycles. The molecule has 7 heteroatoms. The van der Waals surface area contributed by atoms with E-state index < -0.39 is 6.04 Å². The second-order valence-corrected chi connectivity index (χ2v) is 9.76. The molecule has 0 radical (unpaired) electrons. The molecule has 0 aliphatic carbocycles. The van der Waals surface area contributed by atoms with Crippen LogP contribution < -0.4 is 5.32 Å². The van der Waals surface area contributed by atoms with Gasteiger partial charge in [-0.1, -0.05) is 30.3 Å². The Morgan fingerprint density at radius 2 is 1.76 bits per heavy atom. The van der Waals surface area contributed by atoms with Gasteiger partial charge in [0.05, 0.1) is 6.54 Å². The third-order valence-electron chi connectivity index (χ3n) is 7.79. The number of fused-ring (bicyclic) bond motifs is 4. The summed E-state index contributed by atoms with van der Waals surface area (Å²) in [6.07, 6.45) is 3.63. The number of nitrogens with zero attached hydrogens (tertiary/aromatic N) is 3. The molecule has 3 amide bonds. The van der Waals surface area contributed by atoms with Gasteiger partial charge in [0, 0.05) is 36.1 Å². The van der Waals surface area contributed by atoms with Gasteiger partial charge in [0.15, 0.2) is 0 Å². The maximum Gasteiger partial charge on any atom is 0.327 e. The molecule has 2 saturated heterocycles. The van der Waals surface area contributed by atoms with Crippen LogP contribution in [0.1, 0.15) is 36.1 Å². The van der Waals surface area contributed by atoms with Gasteiger partial charge in [-0.2, -0.15) is 0 Å². The Morgan fingerprint density at radius 1 is 1.00 bits per heavy atom. The monoisotopic (exact) mass is 460 g/mol. The maximum atomic E-state index is 13.4. The number of carbonyl (C=O) groups is 2. The van der Waals surface area contributed by atoms with Crippen LogP contribution >= 0.6 is 0 Å². The number of hydrogen-bond donors (Lipinski definition) is 1. The molecule has 4 heterocycles. The summed E-state index contributed by atoms with van der Waals surface area (Å²) in [5.41, 5.74) is 4.31. The van der Waals surface area contributed by atoms with Crippen LogP contribution in [0, 0.1) is 11.7 Å². The Kier molecular flexibility index (Phi) is 5.37. The van der Waals surface area contributed by atoms with Gasteiger partial charge >= 0.3 is 6.03 Å². The van der Waals surface area contributed by atoms with Gasteiger partial charge < -0.3 is 14.8 Å². The summed E-state index contributed by atoms with van der Waals surface area (Å²) < 4.78 is 15.7. The number of rotatable bonds is 5. The topological polar surface area (TPSA) is 57.6 Å². The highest BCUT2D eigenvalue weighted by atomic mass is 19.1. The lowest BCUT2D eigenvalue weighted by atomic mass is 9.94. The zero-order valence-electron chi connectivity index (χ0n) is 19.2. The van der Waals surface area contributed by atoms with Crippen molar-refractivity contribution in [1.82, 2.24) is 19.7 Å². The first kappa shape index (κ1) is 21.4. The molecule has 1 unspecified atom stereocenters. The highest BCUT2D eigenvalue weighted by molar-refractivity contribution is 6.05. The average molecular weight is 461 g/mol. The van der Waals surface area contributed by atoms with Gasteiger partial charge in [0.2, 0.25) is 0 Å².